The average molecular weight is 256 g/mol. The fraction of sp³-hybridized carbons (Fsp3) is 0.214. The first-order chi connectivity index (χ1) is 9.24. The molecule has 0 fully saturated rings. The van der Waals surface area contributed by atoms with Crippen molar-refractivity contribution >= 4 is 16.9 Å². The molecular weight excluding hydrogens is 240 g/mol. The zero-order valence-corrected chi connectivity index (χ0v) is 11.2. The molecule has 0 amide bonds. The predicted octanol–water partition coefficient (Wildman–Crippen LogP) is 3.20. The second-order valence-corrected chi connectivity index (χ2v) is 3.81. The number of oxazole rings is 1. The van der Waals surface area contributed by atoms with Crippen molar-refractivity contribution in [3.8, 4) is 11.5 Å². The topological polar surface area (TPSA) is 77.8 Å². The van der Waals surface area contributed by atoms with Crippen LogP contribution in [0.15, 0.2) is 35.1 Å². The Balaban J connectivity index is 0.000000637. The third kappa shape index (κ3) is 2.54. The summed E-state index contributed by atoms with van der Waals surface area (Å²) in [6.45, 7) is 5.94. The molecule has 19 heavy (non-hydrogen) atoms. The third-order valence-corrected chi connectivity index (χ3v) is 2.48. The molecule has 0 radical (unpaired) electrons. The molecular formula is C14H16N4O. The fourth-order valence-corrected chi connectivity index (χ4v) is 1.65. The van der Waals surface area contributed by atoms with Crippen LogP contribution >= 0.6 is 0 Å². The van der Waals surface area contributed by atoms with Gasteiger partial charge in [-0.2, -0.15) is 0 Å². The minimum atomic E-state index is 0.412. The molecule has 3 rings (SSSR count). The summed E-state index contributed by atoms with van der Waals surface area (Å²) in [5.41, 5.74) is 8.94. The van der Waals surface area contributed by atoms with Gasteiger partial charge in [-0.25, -0.2) is 9.97 Å². The van der Waals surface area contributed by atoms with E-state index in [4.69, 9.17) is 10.2 Å². The number of aromatic nitrogens is 3. The Labute approximate surface area is 111 Å². The Morgan fingerprint density at radius 2 is 2.00 bits per heavy atom. The summed E-state index contributed by atoms with van der Waals surface area (Å²) in [6.07, 6.45) is 5.03. The number of nitrogens with zero attached hydrogens (tertiary/aromatic N) is 3. The Morgan fingerprint density at radius 1 is 1.21 bits per heavy atom. The van der Waals surface area contributed by atoms with E-state index >= 15 is 0 Å². The van der Waals surface area contributed by atoms with Crippen LogP contribution in [-0.2, 0) is 0 Å². The molecule has 0 spiro atoms. The lowest BCUT2D eigenvalue weighted by Crippen LogP contribution is -1.94. The molecule has 98 valence electrons. The van der Waals surface area contributed by atoms with E-state index in [1.54, 1.807) is 24.7 Å². The van der Waals surface area contributed by atoms with Gasteiger partial charge in [0.05, 0.1) is 11.8 Å². The van der Waals surface area contributed by atoms with Crippen LogP contribution < -0.4 is 5.73 Å². The minimum absolute atomic E-state index is 0.412. The van der Waals surface area contributed by atoms with Gasteiger partial charge in [0.1, 0.15) is 11.3 Å². The average Bonchev–Trinajstić information content (AvgIpc) is 2.87. The van der Waals surface area contributed by atoms with Crippen LogP contribution in [0.3, 0.4) is 0 Å². The van der Waals surface area contributed by atoms with Gasteiger partial charge in [-0.05, 0) is 18.6 Å². The smallest absolute Gasteiger partial charge is 0.231 e. The van der Waals surface area contributed by atoms with E-state index in [1.807, 2.05) is 26.8 Å². The summed E-state index contributed by atoms with van der Waals surface area (Å²) < 4.78 is 5.62. The number of aryl methyl sites for hydroxylation is 1. The number of nitrogen functional groups attached to an aromatic ring is 1. The van der Waals surface area contributed by atoms with Crippen LogP contribution in [-0.4, -0.2) is 15.0 Å². The van der Waals surface area contributed by atoms with Gasteiger partial charge >= 0.3 is 0 Å². The summed E-state index contributed by atoms with van der Waals surface area (Å²) in [4.78, 5) is 12.4. The Morgan fingerprint density at radius 3 is 2.74 bits per heavy atom. The Bertz CT molecular complexity index is 658. The highest BCUT2D eigenvalue weighted by Gasteiger charge is 2.11. The van der Waals surface area contributed by atoms with Crippen molar-refractivity contribution in [1.82, 2.24) is 15.0 Å². The normalized spacial score (nSPS) is 10.1. The van der Waals surface area contributed by atoms with Gasteiger partial charge in [0.25, 0.3) is 0 Å². The first kappa shape index (κ1) is 13.0. The number of hydrogen-bond acceptors (Lipinski definition) is 5. The molecule has 0 aliphatic rings. The molecule has 2 N–H and O–H groups in total. The second-order valence-electron chi connectivity index (χ2n) is 3.81. The quantitative estimate of drug-likeness (QED) is 0.723. The van der Waals surface area contributed by atoms with Gasteiger partial charge in [0.15, 0.2) is 5.58 Å². The summed E-state index contributed by atoms with van der Waals surface area (Å²) in [6, 6.07) is 3.67. The minimum Gasteiger partial charge on any atom is -0.436 e. The number of pyridine rings is 2. The molecule has 3 aromatic rings. The standard InChI is InChI=1S/C12H10N4O.C2H6/c1-7-4-8(11(13)15-5-7)12-16-9-6-14-3-2-10(9)17-12;1-2/h2-6H,1H3,(H2,13,15);1-2H3. The van der Waals surface area contributed by atoms with E-state index in [1.165, 1.54) is 0 Å². The van der Waals surface area contributed by atoms with Crippen molar-refractivity contribution in [1.29, 1.82) is 0 Å². The lowest BCUT2D eigenvalue weighted by molar-refractivity contribution is 0.619. The van der Waals surface area contributed by atoms with E-state index in [0.717, 1.165) is 5.56 Å². The highest BCUT2D eigenvalue weighted by molar-refractivity contribution is 5.77. The molecule has 0 aliphatic heterocycles. The van der Waals surface area contributed by atoms with Gasteiger partial charge in [-0.3, -0.25) is 4.98 Å². The molecule has 0 saturated carbocycles. The molecule has 5 nitrogen and oxygen atoms in total. The van der Waals surface area contributed by atoms with Crippen LogP contribution in [0, 0.1) is 6.92 Å². The van der Waals surface area contributed by atoms with Gasteiger partial charge in [0, 0.05) is 18.5 Å². The molecule has 3 aromatic heterocycles. The summed E-state index contributed by atoms with van der Waals surface area (Å²) >= 11 is 0. The highest BCUT2D eigenvalue weighted by atomic mass is 16.3. The van der Waals surface area contributed by atoms with E-state index < -0.39 is 0 Å². The van der Waals surface area contributed by atoms with E-state index in [9.17, 15) is 0 Å². The van der Waals surface area contributed by atoms with Crippen molar-refractivity contribution in [2.24, 2.45) is 0 Å². The van der Waals surface area contributed by atoms with E-state index in [-0.39, 0.29) is 0 Å². The molecule has 3 heterocycles. The SMILES string of the molecule is CC.Cc1cnc(N)c(-c2nc3cnccc3o2)c1. The summed E-state index contributed by atoms with van der Waals surface area (Å²) in [7, 11) is 0. The molecule has 0 atom stereocenters. The van der Waals surface area contributed by atoms with Gasteiger partial charge < -0.3 is 10.2 Å². The van der Waals surface area contributed by atoms with Crippen molar-refractivity contribution in [2.75, 3.05) is 5.73 Å². The Hall–Kier alpha value is -2.43. The lowest BCUT2D eigenvalue weighted by atomic mass is 10.2. The zero-order valence-electron chi connectivity index (χ0n) is 11.2. The third-order valence-electron chi connectivity index (χ3n) is 2.48. The summed E-state index contributed by atoms with van der Waals surface area (Å²) in [5.74, 6) is 0.886. The number of rotatable bonds is 1. The van der Waals surface area contributed by atoms with Crippen LogP contribution in [0.5, 0.6) is 0 Å². The first-order valence-corrected chi connectivity index (χ1v) is 6.17. The van der Waals surface area contributed by atoms with Crippen molar-refractivity contribution < 1.29 is 4.42 Å². The van der Waals surface area contributed by atoms with Crippen molar-refractivity contribution in [3.05, 3.63) is 36.3 Å². The van der Waals surface area contributed by atoms with Crippen LogP contribution in [0.2, 0.25) is 0 Å². The molecule has 0 aliphatic carbocycles. The van der Waals surface area contributed by atoms with Crippen molar-refractivity contribution in [2.45, 2.75) is 20.8 Å². The fourth-order valence-electron chi connectivity index (χ4n) is 1.65. The summed E-state index contributed by atoms with van der Waals surface area (Å²) in [5, 5.41) is 0. The van der Waals surface area contributed by atoms with E-state index in [2.05, 4.69) is 15.0 Å². The Kier molecular flexibility index (Phi) is 3.75. The van der Waals surface area contributed by atoms with Gasteiger partial charge in [0.2, 0.25) is 5.89 Å². The van der Waals surface area contributed by atoms with Crippen LogP contribution in [0.1, 0.15) is 19.4 Å². The predicted molar refractivity (Wildman–Crippen MR) is 75.5 cm³/mol. The maximum absolute atomic E-state index is 5.82. The molecule has 0 unspecified atom stereocenters. The maximum Gasteiger partial charge on any atom is 0.231 e. The van der Waals surface area contributed by atoms with Crippen LogP contribution in [0.25, 0.3) is 22.6 Å². The number of hydrogen-bond donors (Lipinski definition) is 1. The molecule has 0 bridgehead atoms. The monoisotopic (exact) mass is 256 g/mol. The first-order valence-electron chi connectivity index (χ1n) is 6.17. The number of nitrogens with two attached hydrogens (primary N) is 1. The molecule has 0 saturated heterocycles. The zero-order chi connectivity index (χ0) is 13.8. The van der Waals surface area contributed by atoms with E-state index in [0.29, 0.717) is 28.4 Å². The van der Waals surface area contributed by atoms with Crippen molar-refractivity contribution in [3.63, 3.8) is 0 Å². The molecule has 5 heteroatoms. The number of fused-ring (bicyclic) bond motifs is 1. The lowest BCUT2D eigenvalue weighted by Gasteiger charge is -2.00. The van der Waals surface area contributed by atoms with Gasteiger partial charge in [-0.1, -0.05) is 13.8 Å². The molecule has 0 aromatic carbocycles. The van der Waals surface area contributed by atoms with Gasteiger partial charge in [-0.15, -0.1) is 0 Å². The number of anilines is 1. The maximum atomic E-state index is 5.82. The largest absolute Gasteiger partial charge is 0.436 e. The van der Waals surface area contributed by atoms with Crippen LogP contribution in [0.4, 0.5) is 5.82 Å². The highest BCUT2D eigenvalue weighted by Crippen LogP contribution is 2.27. The second kappa shape index (κ2) is 5.48.